The molecule has 2 aliphatic rings. The molecule has 2 aliphatic carbocycles. The van der Waals surface area contributed by atoms with E-state index in [2.05, 4.69) is 6.08 Å². The third-order valence-electron chi connectivity index (χ3n) is 3.98. The Morgan fingerprint density at radius 3 is 2.67 bits per heavy atom. The third-order valence-corrected chi connectivity index (χ3v) is 3.98. The Morgan fingerprint density at radius 2 is 2.00 bits per heavy atom. The van der Waals surface area contributed by atoms with E-state index in [-0.39, 0.29) is 18.2 Å². The van der Waals surface area contributed by atoms with Gasteiger partial charge in [0.05, 0.1) is 12.5 Å². The maximum atomic E-state index is 11.9. The van der Waals surface area contributed by atoms with E-state index in [4.69, 9.17) is 9.47 Å². The molecular formula is C15H24O3. The first-order valence-corrected chi connectivity index (χ1v) is 7.20. The molecule has 0 radical (unpaired) electrons. The number of esters is 1. The van der Waals surface area contributed by atoms with E-state index in [0.717, 1.165) is 32.1 Å². The minimum absolute atomic E-state index is 0.0274. The zero-order valence-electron chi connectivity index (χ0n) is 11.3. The molecule has 18 heavy (non-hydrogen) atoms. The first-order chi connectivity index (χ1) is 8.79. The van der Waals surface area contributed by atoms with Gasteiger partial charge in [-0.25, -0.2) is 0 Å². The summed E-state index contributed by atoms with van der Waals surface area (Å²) in [5, 5.41) is 0. The molecule has 3 nitrogen and oxygen atoms in total. The van der Waals surface area contributed by atoms with Gasteiger partial charge < -0.3 is 9.47 Å². The second kappa shape index (κ2) is 6.93. The summed E-state index contributed by atoms with van der Waals surface area (Å²) in [6, 6.07) is 0. The third kappa shape index (κ3) is 3.84. The van der Waals surface area contributed by atoms with Crippen molar-refractivity contribution in [3.05, 3.63) is 11.6 Å². The van der Waals surface area contributed by atoms with Crippen LogP contribution in [0.25, 0.3) is 0 Å². The summed E-state index contributed by atoms with van der Waals surface area (Å²) in [5.74, 6) is -0.0721. The molecule has 0 aromatic carbocycles. The fraction of sp³-hybridized carbons (Fsp3) is 0.800. The highest BCUT2D eigenvalue weighted by atomic mass is 16.6. The highest BCUT2D eigenvalue weighted by Gasteiger charge is 2.28. The van der Waals surface area contributed by atoms with Crippen LogP contribution in [0.5, 0.6) is 0 Å². The topological polar surface area (TPSA) is 35.5 Å². The Bertz CT molecular complexity index is 309. The highest BCUT2D eigenvalue weighted by Crippen LogP contribution is 2.25. The van der Waals surface area contributed by atoms with E-state index in [1.807, 2.05) is 0 Å². The molecule has 0 saturated heterocycles. The van der Waals surface area contributed by atoms with Crippen LogP contribution in [-0.2, 0) is 14.3 Å². The van der Waals surface area contributed by atoms with Crippen molar-refractivity contribution in [2.75, 3.05) is 7.11 Å². The van der Waals surface area contributed by atoms with Crippen LogP contribution < -0.4 is 0 Å². The van der Waals surface area contributed by atoms with Crippen molar-refractivity contribution < 1.29 is 14.3 Å². The van der Waals surface area contributed by atoms with Gasteiger partial charge in [-0.2, -0.15) is 0 Å². The van der Waals surface area contributed by atoms with Crippen molar-refractivity contribution in [1.29, 1.82) is 0 Å². The number of hydrogen-bond acceptors (Lipinski definition) is 3. The van der Waals surface area contributed by atoms with Gasteiger partial charge in [0.25, 0.3) is 0 Å². The molecule has 0 aromatic rings. The lowest BCUT2D eigenvalue weighted by Gasteiger charge is -2.30. The standard InChI is InChI=1S/C15H24O3/c1-17-13-9-5-6-10-14(13)18-15(16)11-12-7-3-2-4-8-12/h7,13-14H,2-6,8-11H2,1H3/t13-,14+/m0/s1. The molecule has 0 bridgehead atoms. The van der Waals surface area contributed by atoms with Gasteiger partial charge in [0.2, 0.25) is 0 Å². The van der Waals surface area contributed by atoms with Crippen LogP contribution in [0.4, 0.5) is 0 Å². The molecular weight excluding hydrogens is 228 g/mol. The van der Waals surface area contributed by atoms with Crippen LogP contribution in [0, 0.1) is 0 Å². The van der Waals surface area contributed by atoms with E-state index >= 15 is 0 Å². The fourth-order valence-corrected chi connectivity index (χ4v) is 2.93. The lowest BCUT2D eigenvalue weighted by molar-refractivity contribution is -0.158. The summed E-state index contributed by atoms with van der Waals surface area (Å²) in [6.45, 7) is 0. The van der Waals surface area contributed by atoms with E-state index in [9.17, 15) is 4.79 Å². The molecule has 1 fully saturated rings. The smallest absolute Gasteiger partial charge is 0.310 e. The number of hydrogen-bond donors (Lipinski definition) is 0. The molecule has 0 aliphatic heterocycles. The monoisotopic (exact) mass is 252 g/mol. The van der Waals surface area contributed by atoms with Gasteiger partial charge in [-0.05, 0) is 44.9 Å². The van der Waals surface area contributed by atoms with Gasteiger partial charge in [-0.3, -0.25) is 4.79 Å². The summed E-state index contributed by atoms with van der Waals surface area (Å²) < 4.78 is 11.0. The fourth-order valence-electron chi connectivity index (χ4n) is 2.93. The van der Waals surface area contributed by atoms with Crippen LogP contribution in [-0.4, -0.2) is 25.3 Å². The van der Waals surface area contributed by atoms with E-state index < -0.39 is 0 Å². The van der Waals surface area contributed by atoms with Crippen molar-refractivity contribution >= 4 is 5.97 Å². The molecule has 0 N–H and O–H groups in total. The Hall–Kier alpha value is -0.830. The minimum Gasteiger partial charge on any atom is -0.459 e. The van der Waals surface area contributed by atoms with Gasteiger partial charge in [-0.1, -0.05) is 18.1 Å². The van der Waals surface area contributed by atoms with E-state index in [0.29, 0.717) is 6.42 Å². The largest absolute Gasteiger partial charge is 0.459 e. The summed E-state index contributed by atoms with van der Waals surface area (Å²) in [7, 11) is 1.71. The van der Waals surface area contributed by atoms with Crippen LogP contribution in [0.15, 0.2) is 11.6 Å². The average molecular weight is 252 g/mol. The van der Waals surface area contributed by atoms with Crippen molar-refractivity contribution in [3.8, 4) is 0 Å². The quantitative estimate of drug-likeness (QED) is 0.568. The maximum absolute atomic E-state index is 11.9. The first-order valence-electron chi connectivity index (χ1n) is 7.20. The maximum Gasteiger partial charge on any atom is 0.310 e. The predicted octanol–water partition coefficient (Wildman–Crippen LogP) is 3.38. The van der Waals surface area contributed by atoms with Gasteiger partial charge in [-0.15, -0.1) is 0 Å². The SMILES string of the molecule is CO[C@H]1CCCC[C@H]1OC(=O)CC1=CCCCC1. The lowest BCUT2D eigenvalue weighted by Crippen LogP contribution is -2.35. The van der Waals surface area contributed by atoms with E-state index in [1.165, 1.54) is 24.8 Å². The number of methoxy groups -OCH3 is 1. The Morgan fingerprint density at radius 1 is 1.22 bits per heavy atom. The van der Waals surface area contributed by atoms with Crippen LogP contribution in [0.1, 0.15) is 57.8 Å². The molecule has 2 atom stereocenters. The van der Waals surface area contributed by atoms with Crippen molar-refractivity contribution in [1.82, 2.24) is 0 Å². The Labute approximate surface area is 110 Å². The minimum atomic E-state index is -0.0721. The molecule has 0 unspecified atom stereocenters. The van der Waals surface area contributed by atoms with Gasteiger partial charge in [0.1, 0.15) is 6.10 Å². The van der Waals surface area contributed by atoms with E-state index in [1.54, 1.807) is 7.11 Å². The Kier molecular flexibility index (Phi) is 5.24. The van der Waals surface area contributed by atoms with Crippen molar-refractivity contribution in [3.63, 3.8) is 0 Å². The summed E-state index contributed by atoms with van der Waals surface area (Å²) in [5.41, 5.74) is 1.26. The molecule has 3 heteroatoms. The number of carbonyl (C=O) groups is 1. The first kappa shape index (κ1) is 13.6. The normalized spacial score (nSPS) is 28.6. The van der Waals surface area contributed by atoms with Crippen LogP contribution in [0.2, 0.25) is 0 Å². The molecule has 0 heterocycles. The van der Waals surface area contributed by atoms with Crippen LogP contribution in [0.3, 0.4) is 0 Å². The zero-order valence-corrected chi connectivity index (χ0v) is 11.3. The molecule has 1 saturated carbocycles. The summed E-state index contributed by atoms with van der Waals surface area (Å²) in [6.07, 6.45) is 11.7. The highest BCUT2D eigenvalue weighted by molar-refractivity contribution is 5.72. The zero-order chi connectivity index (χ0) is 12.8. The van der Waals surface area contributed by atoms with Gasteiger partial charge >= 0.3 is 5.97 Å². The molecule has 0 aromatic heterocycles. The van der Waals surface area contributed by atoms with Crippen LogP contribution >= 0.6 is 0 Å². The number of allylic oxidation sites excluding steroid dienone is 1. The lowest BCUT2D eigenvalue weighted by atomic mass is 9.94. The molecule has 102 valence electrons. The second-order valence-corrected chi connectivity index (χ2v) is 5.37. The van der Waals surface area contributed by atoms with Gasteiger partial charge in [0.15, 0.2) is 0 Å². The summed E-state index contributed by atoms with van der Waals surface area (Å²) >= 11 is 0. The number of ether oxygens (including phenoxy) is 2. The number of carbonyl (C=O) groups excluding carboxylic acids is 1. The average Bonchev–Trinajstić information content (AvgIpc) is 2.40. The molecule has 0 spiro atoms. The number of rotatable bonds is 4. The van der Waals surface area contributed by atoms with Crippen molar-refractivity contribution in [2.45, 2.75) is 70.0 Å². The van der Waals surface area contributed by atoms with Gasteiger partial charge in [0, 0.05) is 7.11 Å². The second-order valence-electron chi connectivity index (χ2n) is 5.37. The van der Waals surface area contributed by atoms with Crippen molar-refractivity contribution in [2.24, 2.45) is 0 Å². The summed E-state index contributed by atoms with van der Waals surface area (Å²) in [4.78, 5) is 11.9. The molecule has 0 amide bonds. The Balaban J connectivity index is 1.80. The molecule has 2 rings (SSSR count). The predicted molar refractivity (Wildman–Crippen MR) is 70.3 cm³/mol.